The van der Waals surface area contributed by atoms with Crippen molar-refractivity contribution in [2.24, 2.45) is 17.1 Å². The molecule has 1 saturated carbocycles. The molecule has 2 atom stereocenters. The Kier molecular flexibility index (Phi) is 4.61. The van der Waals surface area contributed by atoms with Crippen LogP contribution in [0.2, 0.25) is 0 Å². The molecular formula is C14H25NO4. The molecule has 0 aliphatic heterocycles. The summed E-state index contributed by atoms with van der Waals surface area (Å²) in [4.78, 5) is 23.4. The van der Waals surface area contributed by atoms with E-state index in [1.54, 1.807) is 20.8 Å². The first kappa shape index (κ1) is 16.0. The number of carboxylic acids is 1. The van der Waals surface area contributed by atoms with Gasteiger partial charge in [0.25, 0.3) is 0 Å². The van der Waals surface area contributed by atoms with E-state index in [1.807, 2.05) is 6.92 Å². The third-order valence-corrected chi connectivity index (χ3v) is 3.84. The molecule has 3 N–H and O–H groups in total. The molecule has 0 aromatic carbocycles. The van der Waals surface area contributed by atoms with Crippen LogP contribution in [0, 0.1) is 11.3 Å². The number of esters is 1. The highest BCUT2D eigenvalue weighted by atomic mass is 16.6. The maximum Gasteiger partial charge on any atom is 0.322 e. The van der Waals surface area contributed by atoms with Crippen LogP contribution in [0.5, 0.6) is 0 Å². The van der Waals surface area contributed by atoms with Crippen molar-refractivity contribution < 1.29 is 19.4 Å². The second-order valence-electron chi connectivity index (χ2n) is 6.74. The van der Waals surface area contributed by atoms with Crippen LogP contribution >= 0.6 is 0 Å². The van der Waals surface area contributed by atoms with Gasteiger partial charge in [-0.3, -0.25) is 9.59 Å². The van der Waals surface area contributed by atoms with Gasteiger partial charge in [0.15, 0.2) is 5.92 Å². The zero-order valence-corrected chi connectivity index (χ0v) is 12.2. The lowest BCUT2D eigenvalue weighted by Crippen LogP contribution is -2.51. The molecule has 1 aliphatic rings. The third kappa shape index (κ3) is 3.93. The van der Waals surface area contributed by atoms with Gasteiger partial charge in [-0.1, -0.05) is 19.8 Å². The summed E-state index contributed by atoms with van der Waals surface area (Å²) in [6.07, 6.45) is 3.79. The number of ether oxygens (including phenoxy) is 1. The molecule has 0 bridgehead atoms. The molecule has 0 spiro atoms. The Bertz CT molecular complexity index is 353. The van der Waals surface area contributed by atoms with Crippen LogP contribution in [0.4, 0.5) is 0 Å². The molecule has 110 valence electrons. The van der Waals surface area contributed by atoms with Crippen LogP contribution < -0.4 is 5.73 Å². The first-order valence-corrected chi connectivity index (χ1v) is 6.78. The third-order valence-electron chi connectivity index (χ3n) is 3.84. The Labute approximate surface area is 114 Å². The van der Waals surface area contributed by atoms with E-state index in [-0.39, 0.29) is 5.41 Å². The number of aliphatic carboxylic acids is 1. The van der Waals surface area contributed by atoms with Gasteiger partial charge in [-0.2, -0.15) is 0 Å². The Morgan fingerprint density at radius 1 is 1.26 bits per heavy atom. The zero-order valence-electron chi connectivity index (χ0n) is 12.2. The fourth-order valence-corrected chi connectivity index (χ4v) is 2.68. The molecule has 0 heterocycles. The Hall–Kier alpha value is -1.10. The van der Waals surface area contributed by atoms with Gasteiger partial charge < -0.3 is 15.6 Å². The van der Waals surface area contributed by atoms with Crippen LogP contribution in [-0.2, 0) is 14.3 Å². The van der Waals surface area contributed by atoms with Gasteiger partial charge in [0.05, 0.1) is 0 Å². The summed E-state index contributed by atoms with van der Waals surface area (Å²) in [5.41, 5.74) is 5.10. The fraction of sp³-hybridized carbons (Fsp3) is 0.857. The predicted octanol–water partition coefficient (Wildman–Crippen LogP) is 1.94. The molecule has 5 heteroatoms. The second-order valence-corrected chi connectivity index (χ2v) is 6.74. The van der Waals surface area contributed by atoms with E-state index in [1.165, 1.54) is 0 Å². The average Bonchev–Trinajstić information content (AvgIpc) is 2.63. The topological polar surface area (TPSA) is 89.6 Å². The molecule has 1 aliphatic carbocycles. The number of rotatable bonds is 4. The lowest BCUT2D eigenvalue weighted by atomic mass is 9.75. The van der Waals surface area contributed by atoms with Crippen molar-refractivity contribution in [2.45, 2.75) is 65.0 Å². The molecule has 0 aromatic rings. The Morgan fingerprint density at radius 2 is 1.74 bits per heavy atom. The van der Waals surface area contributed by atoms with Crippen molar-refractivity contribution in [1.82, 2.24) is 0 Å². The largest absolute Gasteiger partial charge is 0.481 e. The molecule has 5 nitrogen and oxygen atoms in total. The number of carboxylic acid groups (broad SMARTS) is 1. The number of nitrogens with two attached hydrogens (primary N) is 1. The number of carbonyl (C=O) groups excluding carboxylic acids is 1. The van der Waals surface area contributed by atoms with Crippen LogP contribution in [0.25, 0.3) is 0 Å². The lowest BCUT2D eigenvalue weighted by molar-refractivity contribution is -0.169. The summed E-state index contributed by atoms with van der Waals surface area (Å²) >= 11 is 0. The summed E-state index contributed by atoms with van der Waals surface area (Å²) < 4.78 is 5.19. The van der Waals surface area contributed by atoms with Gasteiger partial charge in [0.1, 0.15) is 5.60 Å². The van der Waals surface area contributed by atoms with Crippen molar-refractivity contribution in [3.63, 3.8) is 0 Å². The highest BCUT2D eigenvalue weighted by Crippen LogP contribution is 2.42. The quantitative estimate of drug-likeness (QED) is 0.602. The number of hydrogen-bond acceptors (Lipinski definition) is 4. The molecule has 0 radical (unpaired) electrons. The summed E-state index contributed by atoms with van der Waals surface area (Å²) in [5.74, 6) is -3.22. The minimum absolute atomic E-state index is 0.292. The van der Waals surface area contributed by atoms with E-state index >= 15 is 0 Å². The van der Waals surface area contributed by atoms with E-state index in [0.29, 0.717) is 0 Å². The van der Waals surface area contributed by atoms with Gasteiger partial charge in [0.2, 0.25) is 0 Å². The maximum atomic E-state index is 12.1. The maximum absolute atomic E-state index is 12.1. The van der Waals surface area contributed by atoms with Crippen molar-refractivity contribution in [3.05, 3.63) is 0 Å². The van der Waals surface area contributed by atoms with Gasteiger partial charge in [0, 0.05) is 6.04 Å². The first-order valence-electron chi connectivity index (χ1n) is 6.78. The van der Waals surface area contributed by atoms with Crippen LogP contribution in [0.1, 0.15) is 53.4 Å². The summed E-state index contributed by atoms with van der Waals surface area (Å²) in [6, 6.07) is -0.706. The van der Waals surface area contributed by atoms with Gasteiger partial charge in [-0.05, 0) is 39.0 Å². The zero-order chi connectivity index (χ0) is 14.8. The molecule has 0 amide bonds. The van der Waals surface area contributed by atoms with Gasteiger partial charge >= 0.3 is 11.9 Å². The minimum Gasteiger partial charge on any atom is -0.481 e. The van der Waals surface area contributed by atoms with Crippen molar-refractivity contribution in [1.29, 1.82) is 0 Å². The standard InChI is InChI=1S/C14H25NO4/c1-13(2,3)19-12(18)9(11(16)17)10(15)14(4)7-5-6-8-14/h9-10H,5-8,15H2,1-4H3,(H,16,17). The summed E-state index contributed by atoms with van der Waals surface area (Å²) in [7, 11) is 0. The minimum atomic E-state index is -1.29. The molecule has 2 unspecified atom stereocenters. The SMILES string of the molecule is CC(C)(C)OC(=O)C(C(=O)O)C(N)C1(C)CCCC1. The summed E-state index contributed by atoms with van der Waals surface area (Å²) in [6.45, 7) is 7.11. The Balaban J connectivity index is 2.88. The fourth-order valence-electron chi connectivity index (χ4n) is 2.68. The smallest absolute Gasteiger partial charge is 0.322 e. The molecular weight excluding hydrogens is 246 g/mol. The molecule has 1 fully saturated rings. The van der Waals surface area contributed by atoms with E-state index in [0.717, 1.165) is 25.7 Å². The molecule has 1 rings (SSSR count). The number of hydrogen-bond donors (Lipinski definition) is 2. The van der Waals surface area contributed by atoms with E-state index in [4.69, 9.17) is 10.5 Å². The van der Waals surface area contributed by atoms with E-state index < -0.39 is 29.5 Å². The van der Waals surface area contributed by atoms with Crippen LogP contribution in [0.3, 0.4) is 0 Å². The molecule has 19 heavy (non-hydrogen) atoms. The van der Waals surface area contributed by atoms with Crippen LogP contribution in [-0.4, -0.2) is 28.7 Å². The number of carbonyl (C=O) groups is 2. The van der Waals surface area contributed by atoms with E-state index in [9.17, 15) is 14.7 Å². The second kappa shape index (κ2) is 5.49. The Morgan fingerprint density at radius 3 is 2.11 bits per heavy atom. The normalized spacial score (nSPS) is 21.7. The van der Waals surface area contributed by atoms with Gasteiger partial charge in [-0.25, -0.2) is 0 Å². The van der Waals surface area contributed by atoms with Crippen molar-refractivity contribution in [3.8, 4) is 0 Å². The highest BCUT2D eigenvalue weighted by molar-refractivity contribution is 5.95. The van der Waals surface area contributed by atoms with Crippen molar-refractivity contribution >= 4 is 11.9 Å². The molecule has 0 saturated heterocycles. The monoisotopic (exact) mass is 271 g/mol. The van der Waals surface area contributed by atoms with E-state index in [2.05, 4.69) is 0 Å². The average molecular weight is 271 g/mol. The van der Waals surface area contributed by atoms with Crippen LogP contribution in [0.15, 0.2) is 0 Å². The summed E-state index contributed by atoms with van der Waals surface area (Å²) in [5, 5.41) is 9.30. The predicted molar refractivity (Wildman–Crippen MR) is 71.5 cm³/mol. The first-order chi connectivity index (χ1) is 8.57. The lowest BCUT2D eigenvalue weighted by Gasteiger charge is -2.35. The van der Waals surface area contributed by atoms with Gasteiger partial charge in [-0.15, -0.1) is 0 Å². The molecule has 0 aromatic heterocycles. The highest BCUT2D eigenvalue weighted by Gasteiger charge is 2.46. The van der Waals surface area contributed by atoms with Crippen molar-refractivity contribution in [2.75, 3.05) is 0 Å².